The van der Waals surface area contributed by atoms with Crippen LogP contribution < -0.4 is 10.9 Å². The van der Waals surface area contributed by atoms with Crippen molar-refractivity contribution in [3.63, 3.8) is 0 Å². The van der Waals surface area contributed by atoms with Crippen molar-refractivity contribution in [2.24, 2.45) is 0 Å². The molecule has 4 rings (SSSR count). The Balaban J connectivity index is 1.25. The molecule has 0 radical (unpaired) electrons. The Morgan fingerprint density at radius 3 is 2.60 bits per heavy atom. The lowest BCUT2D eigenvalue weighted by atomic mass is 10.2. The van der Waals surface area contributed by atoms with E-state index < -0.39 is 0 Å². The van der Waals surface area contributed by atoms with Crippen molar-refractivity contribution >= 4 is 37.4 Å². The highest BCUT2D eigenvalue weighted by atomic mass is 32.1. The van der Waals surface area contributed by atoms with Crippen LogP contribution in [0.1, 0.15) is 44.4 Å². The predicted molar refractivity (Wildman–Crippen MR) is 145 cm³/mol. The zero-order chi connectivity index (χ0) is 24.8. The fraction of sp³-hybridized carbons (Fsp3) is 0.393. The van der Waals surface area contributed by atoms with Crippen molar-refractivity contribution in [3.05, 3.63) is 76.2 Å². The van der Waals surface area contributed by atoms with Crippen molar-refractivity contribution < 1.29 is 4.79 Å². The molecule has 7 heteroatoms. The molecule has 6 nitrogen and oxygen atoms in total. The second-order valence-corrected chi connectivity index (χ2v) is 10.3. The highest BCUT2D eigenvalue weighted by molar-refractivity contribution is 7.26. The molecule has 2 heterocycles. The number of carbonyl (C=O) groups is 1. The van der Waals surface area contributed by atoms with Gasteiger partial charge in [-0.1, -0.05) is 48.5 Å². The average Bonchev–Trinajstić information content (AvgIpc) is 3.25. The van der Waals surface area contributed by atoms with E-state index in [9.17, 15) is 9.59 Å². The number of nitrogens with one attached hydrogen (secondary N) is 1. The quantitative estimate of drug-likeness (QED) is 0.297. The predicted octanol–water partition coefficient (Wildman–Crippen LogP) is 5.12. The van der Waals surface area contributed by atoms with Gasteiger partial charge in [0.1, 0.15) is 0 Å². The Labute approximate surface area is 210 Å². The summed E-state index contributed by atoms with van der Waals surface area (Å²) < 4.78 is 3.57. The van der Waals surface area contributed by atoms with Crippen LogP contribution in [-0.4, -0.2) is 39.7 Å². The van der Waals surface area contributed by atoms with Gasteiger partial charge in [0.25, 0.3) is 5.56 Å². The summed E-state index contributed by atoms with van der Waals surface area (Å²) in [6.07, 6.45) is 1.87. The molecule has 0 aliphatic heterocycles. The van der Waals surface area contributed by atoms with Gasteiger partial charge in [-0.25, -0.2) is 4.68 Å². The van der Waals surface area contributed by atoms with E-state index in [1.165, 1.54) is 10.2 Å². The van der Waals surface area contributed by atoms with E-state index in [1.54, 1.807) is 11.3 Å². The Morgan fingerprint density at radius 1 is 1.09 bits per heavy atom. The lowest BCUT2D eigenvalue weighted by molar-refractivity contribution is -0.121. The largest absolute Gasteiger partial charge is 0.356 e. The van der Waals surface area contributed by atoms with Crippen molar-refractivity contribution in [1.82, 2.24) is 20.0 Å². The first-order valence-corrected chi connectivity index (χ1v) is 13.2. The molecule has 1 N–H and O–H groups in total. The number of fused-ring (bicyclic) bond motifs is 3. The second-order valence-electron chi connectivity index (χ2n) is 9.27. The minimum absolute atomic E-state index is 0.0241. The number of amides is 1. The summed E-state index contributed by atoms with van der Waals surface area (Å²) in [4.78, 5) is 27.9. The molecule has 0 saturated heterocycles. The van der Waals surface area contributed by atoms with Crippen LogP contribution in [0, 0.1) is 6.92 Å². The molecule has 1 amide bonds. The van der Waals surface area contributed by atoms with Gasteiger partial charge in [0.2, 0.25) is 5.91 Å². The molecule has 2 aromatic heterocycles. The maximum absolute atomic E-state index is 13.1. The van der Waals surface area contributed by atoms with Crippen molar-refractivity contribution in [1.29, 1.82) is 0 Å². The van der Waals surface area contributed by atoms with Gasteiger partial charge in [0.15, 0.2) is 0 Å². The van der Waals surface area contributed by atoms with Gasteiger partial charge in [0.05, 0.1) is 15.8 Å². The topological polar surface area (TPSA) is 67.2 Å². The molecule has 0 fully saturated rings. The molecule has 4 aromatic rings. The summed E-state index contributed by atoms with van der Waals surface area (Å²) in [5, 5.41) is 9.27. The number of nitrogens with zero attached hydrogens (tertiary/aromatic N) is 3. The van der Waals surface area contributed by atoms with Crippen molar-refractivity contribution in [2.45, 2.75) is 59.2 Å². The van der Waals surface area contributed by atoms with Crippen LogP contribution in [0.5, 0.6) is 0 Å². The number of carbonyl (C=O) groups excluding carboxylic acids is 1. The van der Waals surface area contributed by atoms with E-state index in [4.69, 9.17) is 0 Å². The first kappa shape index (κ1) is 25.1. The van der Waals surface area contributed by atoms with Crippen LogP contribution in [0.4, 0.5) is 0 Å². The molecule has 0 atom stereocenters. The van der Waals surface area contributed by atoms with E-state index >= 15 is 0 Å². The summed E-state index contributed by atoms with van der Waals surface area (Å²) in [6, 6.07) is 18.9. The number of benzene rings is 2. The lowest BCUT2D eigenvalue weighted by Gasteiger charge is -2.26. The number of aryl methyl sites for hydroxylation is 2. The smallest absolute Gasteiger partial charge is 0.276 e. The third-order valence-electron chi connectivity index (χ3n) is 6.32. The lowest BCUT2D eigenvalue weighted by Crippen LogP contribution is -2.34. The average molecular weight is 491 g/mol. The summed E-state index contributed by atoms with van der Waals surface area (Å²) in [6.45, 7) is 9.29. The zero-order valence-electron chi connectivity index (χ0n) is 20.8. The molecule has 0 aliphatic carbocycles. The normalized spacial score (nSPS) is 11.7. The van der Waals surface area contributed by atoms with E-state index in [0.717, 1.165) is 45.4 Å². The molecule has 2 aromatic carbocycles. The SMILES string of the molecule is Cc1nn(CCCC(=O)NCCCN(Cc2ccccc2)C(C)C)c(=O)c2c1sc1ccccc12. The molecule has 0 bridgehead atoms. The van der Waals surface area contributed by atoms with Crippen molar-refractivity contribution in [2.75, 3.05) is 13.1 Å². The number of aromatic nitrogens is 2. The van der Waals surface area contributed by atoms with E-state index in [2.05, 4.69) is 53.4 Å². The molecular weight excluding hydrogens is 456 g/mol. The van der Waals surface area contributed by atoms with E-state index in [0.29, 0.717) is 32.0 Å². The summed E-state index contributed by atoms with van der Waals surface area (Å²) in [7, 11) is 0. The summed E-state index contributed by atoms with van der Waals surface area (Å²) in [5.41, 5.74) is 2.09. The third-order valence-corrected chi connectivity index (χ3v) is 7.60. The molecule has 0 unspecified atom stereocenters. The van der Waals surface area contributed by atoms with Crippen LogP contribution >= 0.6 is 11.3 Å². The van der Waals surface area contributed by atoms with E-state index in [1.807, 2.05) is 37.3 Å². The van der Waals surface area contributed by atoms with E-state index in [-0.39, 0.29) is 11.5 Å². The van der Waals surface area contributed by atoms with Gasteiger partial charge in [-0.15, -0.1) is 11.3 Å². The summed E-state index contributed by atoms with van der Waals surface area (Å²) in [5.74, 6) is 0.0241. The van der Waals surface area contributed by atoms with Gasteiger partial charge in [-0.3, -0.25) is 14.5 Å². The van der Waals surface area contributed by atoms with Crippen molar-refractivity contribution in [3.8, 4) is 0 Å². The first-order chi connectivity index (χ1) is 16.9. The number of hydrogen-bond donors (Lipinski definition) is 1. The Morgan fingerprint density at radius 2 is 1.83 bits per heavy atom. The van der Waals surface area contributed by atoms with Crippen LogP contribution in [0.25, 0.3) is 20.2 Å². The van der Waals surface area contributed by atoms with Crippen LogP contribution in [0.2, 0.25) is 0 Å². The van der Waals surface area contributed by atoms with Gasteiger partial charge in [0, 0.05) is 48.7 Å². The number of hydrogen-bond acceptors (Lipinski definition) is 5. The maximum Gasteiger partial charge on any atom is 0.276 e. The summed E-state index contributed by atoms with van der Waals surface area (Å²) >= 11 is 1.61. The molecule has 184 valence electrons. The zero-order valence-corrected chi connectivity index (χ0v) is 21.6. The van der Waals surface area contributed by atoms with Gasteiger partial charge in [-0.2, -0.15) is 5.10 Å². The minimum Gasteiger partial charge on any atom is -0.356 e. The Bertz CT molecular complexity index is 1340. The van der Waals surface area contributed by atoms with Crippen LogP contribution in [0.15, 0.2) is 59.4 Å². The number of thiophene rings is 1. The highest BCUT2D eigenvalue weighted by Crippen LogP contribution is 2.32. The molecule has 35 heavy (non-hydrogen) atoms. The first-order valence-electron chi connectivity index (χ1n) is 12.4. The highest BCUT2D eigenvalue weighted by Gasteiger charge is 2.15. The van der Waals surface area contributed by atoms with Gasteiger partial charge >= 0.3 is 0 Å². The third kappa shape index (κ3) is 6.16. The monoisotopic (exact) mass is 490 g/mol. The van der Waals surface area contributed by atoms with Gasteiger partial charge in [-0.05, 0) is 45.2 Å². The van der Waals surface area contributed by atoms with Crippen LogP contribution in [-0.2, 0) is 17.9 Å². The molecular formula is C28H34N4O2S. The Hall–Kier alpha value is -3.03. The maximum atomic E-state index is 13.1. The standard InChI is InChI=1S/C28H34N4O2S/c1-20(2)31(19-22-11-5-4-6-12-22)17-10-16-29-25(33)15-9-18-32-28(34)26-23-13-7-8-14-24(23)35-27(26)21(3)30-32/h4-8,11-14,20H,9-10,15-19H2,1-3H3,(H,29,33). The molecule has 0 spiro atoms. The minimum atomic E-state index is -0.0735. The fourth-order valence-electron chi connectivity index (χ4n) is 4.39. The van der Waals surface area contributed by atoms with Crippen LogP contribution in [0.3, 0.4) is 0 Å². The second kappa shape index (κ2) is 11.6. The number of rotatable bonds is 11. The Kier molecular flexibility index (Phi) is 8.31. The molecule has 0 saturated carbocycles. The van der Waals surface area contributed by atoms with Gasteiger partial charge < -0.3 is 5.32 Å². The fourth-order valence-corrected chi connectivity index (χ4v) is 5.52. The molecule has 0 aliphatic rings.